The number of rotatable bonds is 15. The summed E-state index contributed by atoms with van der Waals surface area (Å²) in [7, 11) is -1.27. The molecule has 12 nitrogen and oxygen atoms in total. The smallest absolute Gasteiger partial charge is 0.356 e. The summed E-state index contributed by atoms with van der Waals surface area (Å²) < 4.78 is 17.0. The van der Waals surface area contributed by atoms with Gasteiger partial charge in [0.25, 0.3) is 5.91 Å². The average Bonchev–Trinajstić information content (AvgIpc) is 3.73. The molecule has 3 heterocycles. The van der Waals surface area contributed by atoms with Gasteiger partial charge in [0, 0.05) is 32.0 Å². The summed E-state index contributed by atoms with van der Waals surface area (Å²) in [6.45, 7) is 8.52. The zero-order valence-corrected chi connectivity index (χ0v) is 42.0. The van der Waals surface area contributed by atoms with Crippen molar-refractivity contribution in [1.82, 2.24) is 15.5 Å². The summed E-state index contributed by atoms with van der Waals surface area (Å²) in [5.74, 6) is -1.54. The fourth-order valence-corrected chi connectivity index (χ4v) is 11.7. The molecule has 0 saturated carbocycles. The molecule has 5 aromatic carbocycles. The number of nitrogens with one attached hydrogen (secondary N) is 2. The Balaban J connectivity index is 1.07. The Bertz CT molecular complexity index is 2650. The Labute approximate surface area is 417 Å². The second-order valence-corrected chi connectivity index (χ2v) is 21.1. The molecule has 3 aliphatic rings. The van der Waals surface area contributed by atoms with Crippen LogP contribution in [0.25, 0.3) is 0 Å². The van der Waals surface area contributed by atoms with Gasteiger partial charge in [-0.05, 0) is 68.0 Å². The molecule has 1 fully saturated rings. The van der Waals surface area contributed by atoms with Crippen molar-refractivity contribution < 1.29 is 33.5 Å². The van der Waals surface area contributed by atoms with E-state index < -0.39 is 68.7 Å². The number of carbonyl (C=O) groups is 4. The molecule has 2 N–H and O–H groups in total. The maximum atomic E-state index is 14.2. The lowest BCUT2D eigenvalue weighted by Gasteiger charge is -2.49. The van der Waals surface area contributed by atoms with Gasteiger partial charge in [-0.1, -0.05) is 179 Å². The number of amidine groups is 1. The van der Waals surface area contributed by atoms with Crippen molar-refractivity contribution in [1.29, 1.82) is 0 Å². The van der Waals surface area contributed by atoms with Crippen LogP contribution in [0.5, 0.6) is 0 Å². The Morgan fingerprint density at radius 2 is 1.29 bits per heavy atom. The van der Waals surface area contributed by atoms with Gasteiger partial charge in [0.05, 0.1) is 6.42 Å². The monoisotopic (exact) mass is 1060 g/mol. The molecule has 2 amide bonds. The first-order valence-electron chi connectivity index (χ1n) is 22.1. The third-order valence-corrected chi connectivity index (χ3v) is 14.9. The largest absolute Gasteiger partial charge is 0.458 e. The van der Waals surface area contributed by atoms with Crippen molar-refractivity contribution >= 4 is 74.0 Å². The number of halogens is 1. The third-order valence-electron chi connectivity index (χ3n) is 11.3. The van der Waals surface area contributed by atoms with E-state index >= 15 is 0 Å². The number of benzene rings is 5. The summed E-state index contributed by atoms with van der Waals surface area (Å²) in [4.78, 5) is 68.7. The van der Waals surface area contributed by atoms with E-state index in [4.69, 9.17) is 19.3 Å². The lowest BCUT2D eigenvalue weighted by Crippen LogP contribution is -2.70. The number of hydrogen-bond donors (Lipinski definition) is 2. The summed E-state index contributed by atoms with van der Waals surface area (Å²) in [6.07, 6.45) is -0.861. The number of nitrogens with zero attached hydrogens (tertiary/aromatic N) is 3. The van der Waals surface area contributed by atoms with E-state index in [1.165, 1.54) is 16.7 Å². The van der Waals surface area contributed by atoms with Crippen LogP contribution >= 0.6 is 34.4 Å². The number of hydrogen-bond acceptors (Lipinski definition) is 10. The molecule has 8 rings (SSSR count). The van der Waals surface area contributed by atoms with Gasteiger partial charge >= 0.3 is 11.9 Å². The van der Waals surface area contributed by atoms with Crippen LogP contribution in [0.4, 0.5) is 0 Å². The van der Waals surface area contributed by atoms with Crippen molar-refractivity contribution in [2.24, 2.45) is 9.52 Å². The molecule has 0 bridgehead atoms. The second-order valence-electron chi connectivity index (χ2n) is 17.8. The molecule has 3 aliphatic heterocycles. The third kappa shape index (κ3) is 10.6. The Morgan fingerprint density at radius 1 is 0.794 bits per heavy atom. The van der Waals surface area contributed by atoms with Crippen LogP contribution in [-0.2, 0) is 49.7 Å². The van der Waals surface area contributed by atoms with E-state index in [-0.39, 0.29) is 12.1 Å². The summed E-state index contributed by atoms with van der Waals surface area (Å²) >= 11 is 3.70. The normalized spacial score (nSPS) is 19.0. The van der Waals surface area contributed by atoms with Crippen LogP contribution in [0, 0.1) is 0 Å². The highest BCUT2D eigenvalue weighted by Crippen LogP contribution is 2.43. The van der Waals surface area contributed by atoms with Crippen molar-refractivity contribution in [3.63, 3.8) is 0 Å². The maximum absolute atomic E-state index is 14.2. The average molecular weight is 1060 g/mol. The predicted molar refractivity (Wildman–Crippen MR) is 275 cm³/mol. The minimum absolute atomic E-state index is 0.163. The molecular formula is C53H52IN5O7S2. The highest BCUT2D eigenvalue weighted by Gasteiger charge is 2.54. The maximum Gasteiger partial charge on any atom is 0.356 e. The highest BCUT2D eigenvalue weighted by atomic mass is 127. The van der Waals surface area contributed by atoms with Crippen LogP contribution in [0.1, 0.15) is 75.0 Å². The Hall–Kier alpha value is -5.88. The van der Waals surface area contributed by atoms with Gasteiger partial charge in [0.15, 0.2) is 16.9 Å². The van der Waals surface area contributed by atoms with E-state index in [0.29, 0.717) is 21.0 Å². The molecule has 1 saturated heterocycles. The SMILES string of the molecule is CC(C)(C)OC(=O)C(C)(C)O/N=S1\C=C(CC(=O)NC2C(=O)N3C(C(=O)OC(c4ccccc4)c4ccccc4)=C(CI)CSC23)NC1=NC(c1ccccc1)(c1ccccc1)c1ccccc1. The van der Waals surface area contributed by atoms with Crippen LogP contribution in [0.15, 0.2) is 184 Å². The minimum atomic E-state index is -1.47. The molecule has 0 aliphatic carbocycles. The molecule has 3 unspecified atom stereocenters. The molecule has 0 spiro atoms. The lowest BCUT2D eigenvalue weighted by atomic mass is 9.77. The molecule has 0 aromatic heterocycles. The zero-order valence-electron chi connectivity index (χ0n) is 38.3. The Kier molecular flexibility index (Phi) is 14.8. The lowest BCUT2D eigenvalue weighted by molar-refractivity contribution is -0.179. The van der Waals surface area contributed by atoms with Gasteiger partial charge in [-0.3, -0.25) is 14.5 Å². The van der Waals surface area contributed by atoms with Crippen molar-refractivity contribution in [3.05, 3.63) is 202 Å². The fourth-order valence-electron chi connectivity index (χ4n) is 8.00. The highest BCUT2D eigenvalue weighted by molar-refractivity contribution is 14.1. The van der Waals surface area contributed by atoms with Crippen LogP contribution in [0.2, 0.25) is 0 Å². The molecule has 5 aromatic rings. The first kappa shape index (κ1) is 48.6. The van der Waals surface area contributed by atoms with Gasteiger partial charge in [0.2, 0.25) is 5.91 Å². The van der Waals surface area contributed by atoms with Crippen LogP contribution in [0.3, 0.4) is 0 Å². The van der Waals surface area contributed by atoms with E-state index in [2.05, 4.69) is 37.8 Å². The van der Waals surface area contributed by atoms with Crippen molar-refractivity contribution in [2.45, 2.75) is 75.3 Å². The molecular weight excluding hydrogens is 1010 g/mol. The number of ether oxygens (including phenoxy) is 2. The quantitative estimate of drug-likeness (QED) is 0.0261. The first-order chi connectivity index (χ1) is 32.7. The topological polar surface area (TPSA) is 148 Å². The van der Waals surface area contributed by atoms with Crippen molar-refractivity contribution in [2.75, 3.05) is 10.2 Å². The zero-order chi connectivity index (χ0) is 48.1. The number of thioether (sulfide) groups is 1. The molecule has 350 valence electrons. The van der Waals surface area contributed by atoms with Gasteiger partial charge in [-0.25, -0.2) is 19.4 Å². The van der Waals surface area contributed by atoms with Crippen LogP contribution in [-0.4, -0.2) is 66.6 Å². The van der Waals surface area contributed by atoms with Crippen LogP contribution < -0.4 is 10.6 Å². The molecule has 3 atom stereocenters. The van der Waals surface area contributed by atoms with Gasteiger partial charge < -0.3 is 20.1 Å². The van der Waals surface area contributed by atoms with Gasteiger partial charge in [-0.15, -0.1) is 11.8 Å². The second kappa shape index (κ2) is 20.8. The fraction of sp³-hybridized carbons (Fsp3) is 0.264. The first-order valence-corrected chi connectivity index (χ1v) is 25.9. The van der Waals surface area contributed by atoms with Gasteiger partial charge in [-0.2, -0.15) is 0 Å². The molecule has 68 heavy (non-hydrogen) atoms. The minimum Gasteiger partial charge on any atom is -0.458 e. The number of aliphatic imine (C=N–C) groups is 1. The Morgan fingerprint density at radius 3 is 1.78 bits per heavy atom. The summed E-state index contributed by atoms with van der Waals surface area (Å²) in [5, 5.41) is 7.99. The van der Waals surface area contributed by atoms with Gasteiger partial charge in [0.1, 0.15) is 28.3 Å². The van der Waals surface area contributed by atoms with E-state index in [9.17, 15) is 19.2 Å². The van der Waals surface area contributed by atoms with E-state index in [1.54, 1.807) is 40.0 Å². The number of carbonyl (C=O) groups excluding carboxylic acids is 4. The number of fused-ring (bicyclic) bond motifs is 1. The van der Waals surface area contributed by atoms with E-state index in [0.717, 1.165) is 33.4 Å². The number of alkyl halides is 1. The number of amides is 2. The van der Waals surface area contributed by atoms with Crippen molar-refractivity contribution in [3.8, 4) is 0 Å². The summed E-state index contributed by atoms with van der Waals surface area (Å²) in [6, 6.07) is 47.9. The molecule has 15 heteroatoms. The number of β-lactam (4-membered cyclic amide) rings is 1. The predicted octanol–water partition coefficient (Wildman–Crippen LogP) is 9.44. The molecule has 0 radical (unpaired) electrons. The standard InChI is InChI=1S/C53H52IN5O7S2/c1-51(2,3)65-49(63)52(4,5)66-58-68-34-41(55-50(68)57-53(38-25-15-8-16-26-38,39-27-17-9-18-28-39)40-29-19-10-20-30-40)31-42(60)56-43-46(61)59-44(37(32-54)33-67-47(43)59)48(62)64-45(35-21-11-6-12-22-35)36-23-13-7-14-24-36/h6-30,34,43,45,47H,31-33H2,1-5H3,(H,55,57)(H,56,60). The number of esters is 2. The van der Waals surface area contributed by atoms with E-state index in [1.807, 2.05) is 152 Å². The summed E-state index contributed by atoms with van der Waals surface area (Å²) in [5.41, 5.74) is 2.40.